The summed E-state index contributed by atoms with van der Waals surface area (Å²) < 4.78 is 28.4. The Morgan fingerprint density at radius 3 is 1.35 bits per heavy atom. The fourth-order valence-electron chi connectivity index (χ4n) is 1.61. The van der Waals surface area contributed by atoms with Crippen molar-refractivity contribution in [1.82, 2.24) is 0 Å². The van der Waals surface area contributed by atoms with Gasteiger partial charge in [0.1, 0.15) is 0 Å². The molecule has 2 heterocycles. The van der Waals surface area contributed by atoms with Gasteiger partial charge in [-0.05, 0) is 0 Å². The number of aliphatic hydroxyl groups is 2. The van der Waals surface area contributed by atoms with Crippen molar-refractivity contribution in [3.63, 3.8) is 0 Å². The van der Waals surface area contributed by atoms with E-state index in [1.165, 1.54) is 14.2 Å². The van der Waals surface area contributed by atoms with E-state index in [4.69, 9.17) is 29.2 Å². The van der Waals surface area contributed by atoms with E-state index < -0.39 is 36.7 Å². The van der Waals surface area contributed by atoms with Crippen LogP contribution < -0.4 is 0 Å². The molecule has 4 atom stereocenters. The molecule has 0 aromatic carbocycles. The summed E-state index contributed by atoms with van der Waals surface area (Å²) in [5.74, 6) is -0.943. The molecule has 0 saturated carbocycles. The van der Waals surface area contributed by atoms with Crippen LogP contribution in [0, 0.1) is 0 Å². The zero-order chi connectivity index (χ0) is 16.5. The Balaban J connectivity index is -0.000000161. The minimum atomic E-state index is -0.683. The van der Waals surface area contributed by atoms with Crippen LogP contribution in [0.15, 0.2) is 0 Å². The molecule has 0 aromatic heterocycles. The van der Waals surface area contributed by atoms with E-state index in [2.05, 4.69) is 9.47 Å². The predicted octanol–water partition coefficient (Wildman–Crippen LogP) is -0.946. The summed E-state index contributed by atoms with van der Waals surface area (Å²) in [4.78, 5) is 21.5. The number of methoxy groups -OCH3 is 2. The van der Waals surface area contributed by atoms with Crippen LogP contribution in [0.3, 0.4) is 0 Å². The van der Waals surface area contributed by atoms with Crippen LogP contribution in [0.5, 0.6) is 0 Å². The smallest absolute Gasteiger partial charge is 0.337 e. The monoisotopic (exact) mass is 724 g/mol. The van der Waals surface area contributed by atoms with Crippen molar-refractivity contribution < 1.29 is 90.4 Å². The predicted molar refractivity (Wildman–Crippen MR) is 80.9 cm³/mol. The summed E-state index contributed by atoms with van der Waals surface area (Å²) in [6, 6.07) is 0. The quantitative estimate of drug-likeness (QED) is 0.351. The first-order chi connectivity index (χ1) is 10.5. The van der Waals surface area contributed by atoms with Gasteiger partial charge in [0.15, 0.2) is 24.8 Å². The molecule has 2 aliphatic rings. The molecule has 2 aliphatic heterocycles. The molecule has 2 fully saturated rings. The van der Waals surface area contributed by atoms with Gasteiger partial charge in [0.25, 0.3) is 0 Å². The zero-order valence-corrected chi connectivity index (χ0v) is 19.0. The van der Waals surface area contributed by atoms with Gasteiger partial charge in [-0.1, -0.05) is 14.9 Å². The molecule has 12 heteroatoms. The summed E-state index contributed by atoms with van der Waals surface area (Å²) >= 11 is 0. The summed E-state index contributed by atoms with van der Waals surface area (Å²) in [6.45, 7) is -0.184. The summed E-state index contributed by atoms with van der Waals surface area (Å²) in [7, 11) is 2.55. The molecule has 26 heavy (non-hydrogen) atoms. The van der Waals surface area contributed by atoms with Crippen molar-refractivity contribution in [2.75, 3.05) is 40.6 Å². The zero-order valence-electron chi connectivity index (χ0n) is 13.1. The first-order valence-electron chi connectivity index (χ1n) is 6.47. The van der Waals surface area contributed by atoms with E-state index in [-0.39, 0.29) is 83.4 Å². The van der Waals surface area contributed by atoms with Crippen molar-refractivity contribution in [2.24, 2.45) is 0 Å². The normalized spacial score (nSPS) is 25.7. The number of rotatable bonds is 4. The molecule has 0 aliphatic carbocycles. The van der Waals surface area contributed by atoms with Gasteiger partial charge in [-0.25, -0.2) is 9.59 Å². The first-order valence-corrected chi connectivity index (χ1v) is 6.47. The second-order valence-electron chi connectivity index (χ2n) is 4.19. The summed E-state index contributed by atoms with van der Waals surface area (Å²) in [5.41, 5.74) is 0. The second kappa shape index (κ2) is 18.4. The van der Waals surface area contributed by atoms with E-state index in [1.54, 1.807) is 0 Å². The van der Waals surface area contributed by atoms with Gasteiger partial charge in [-0.2, -0.15) is 0 Å². The van der Waals surface area contributed by atoms with Crippen molar-refractivity contribution in [3.05, 3.63) is 0 Å². The number of aliphatic hydroxyl groups excluding tert-OH is 2. The average Bonchev–Trinajstić information content (AvgIpc) is 3.22. The van der Waals surface area contributed by atoms with Gasteiger partial charge >= 0.3 is 11.9 Å². The SMILES string of the molecule is C.C.COC(=O)[C@@H]1COC(CO)O1.COC(=O)[C@H]1COC(CO)O1.[W].[W]. The molecule has 0 radical (unpaired) electrons. The maximum Gasteiger partial charge on any atom is 0.337 e. The molecule has 2 rings (SSSR count). The van der Waals surface area contributed by atoms with Crippen LogP contribution in [0.1, 0.15) is 14.9 Å². The standard InChI is InChI=1S/2C6H10O5.2CH4.2W/c2*1-9-6(8)4-3-10-5(2-7)11-4;;;;/h2*4-5,7H,2-3H2,1H3;2*1H4;;/t2*4-,5?;;;;/m10..../s1. The molecule has 2 saturated heterocycles. The maximum atomic E-state index is 10.8. The number of hydrogen-bond acceptors (Lipinski definition) is 10. The third-order valence-electron chi connectivity index (χ3n) is 2.73. The average molecular weight is 724 g/mol. The van der Waals surface area contributed by atoms with Crippen molar-refractivity contribution in [1.29, 1.82) is 0 Å². The molecule has 2 N–H and O–H groups in total. The Hall–Kier alpha value is 0.0766. The minimum Gasteiger partial charge on any atom is -0.467 e. The molecular formula is C14H28O10W2. The Morgan fingerprint density at radius 1 is 0.846 bits per heavy atom. The molecule has 10 nitrogen and oxygen atoms in total. The van der Waals surface area contributed by atoms with Crippen LogP contribution in [0.25, 0.3) is 0 Å². The van der Waals surface area contributed by atoms with Crippen LogP contribution in [0.2, 0.25) is 0 Å². The van der Waals surface area contributed by atoms with Crippen LogP contribution in [-0.4, -0.2) is 87.6 Å². The molecule has 0 amide bonds. The molecule has 0 spiro atoms. The second-order valence-corrected chi connectivity index (χ2v) is 4.19. The van der Waals surface area contributed by atoms with E-state index >= 15 is 0 Å². The Morgan fingerprint density at radius 2 is 1.15 bits per heavy atom. The van der Waals surface area contributed by atoms with Gasteiger partial charge < -0.3 is 38.6 Å². The fourth-order valence-corrected chi connectivity index (χ4v) is 1.61. The Kier molecular flexibility index (Phi) is 23.9. The third-order valence-corrected chi connectivity index (χ3v) is 2.73. The van der Waals surface area contributed by atoms with E-state index in [1.807, 2.05) is 0 Å². The topological polar surface area (TPSA) is 130 Å². The van der Waals surface area contributed by atoms with E-state index in [0.717, 1.165) is 0 Å². The van der Waals surface area contributed by atoms with Gasteiger partial charge in [-0.3, -0.25) is 0 Å². The number of esters is 2. The van der Waals surface area contributed by atoms with Gasteiger partial charge in [-0.15, -0.1) is 0 Å². The maximum absolute atomic E-state index is 10.8. The molecule has 0 aromatic rings. The number of carbonyl (C=O) groups is 2. The Bertz CT molecular complexity index is 338. The van der Waals surface area contributed by atoms with Gasteiger partial charge in [0.2, 0.25) is 0 Å². The molecule has 2 unspecified atom stereocenters. The van der Waals surface area contributed by atoms with Gasteiger partial charge in [0, 0.05) is 42.1 Å². The van der Waals surface area contributed by atoms with Crippen LogP contribution >= 0.6 is 0 Å². The van der Waals surface area contributed by atoms with Crippen molar-refractivity contribution in [3.8, 4) is 0 Å². The molecule has 156 valence electrons. The van der Waals surface area contributed by atoms with Crippen molar-refractivity contribution in [2.45, 2.75) is 39.6 Å². The number of hydrogen-bond donors (Lipinski definition) is 2. The van der Waals surface area contributed by atoms with E-state index in [9.17, 15) is 9.59 Å². The van der Waals surface area contributed by atoms with Crippen molar-refractivity contribution >= 4 is 11.9 Å². The van der Waals surface area contributed by atoms with Crippen LogP contribution in [-0.2, 0) is 80.1 Å². The molecular weight excluding hydrogens is 696 g/mol. The van der Waals surface area contributed by atoms with Crippen LogP contribution in [0.4, 0.5) is 0 Å². The third kappa shape index (κ3) is 11.0. The molecule has 0 bridgehead atoms. The fraction of sp³-hybridized carbons (Fsp3) is 0.857. The van der Waals surface area contributed by atoms with Gasteiger partial charge in [0.05, 0.1) is 40.6 Å². The largest absolute Gasteiger partial charge is 0.467 e. The summed E-state index contributed by atoms with van der Waals surface area (Å²) in [6.07, 6.45) is -2.73. The Labute approximate surface area is 182 Å². The summed E-state index contributed by atoms with van der Waals surface area (Å²) in [5, 5.41) is 17.1. The first kappa shape index (κ1) is 33.6. The van der Waals surface area contributed by atoms with E-state index in [0.29, 0.717) is 0 Å². The minimum absolute atomic E-state index is 0. The number of carbonyl (C=O) groups excluding carboxylic acids is 2. The number of ether oxygens (including phenoxy) is 6.